The van der Waals surface area contributed by atoms with Crippen LogP contribution in [0.25, 0.3) is 0 Å². The van der Waals surface area contributed by atoms with Gasteiger partial charge in [0.1, 0.15) is 0 Å². The van der Waals surface area contributed by atoms with E-state index < -0.39 is 0 Å². The van der Waals surface area contributed by atoms with Gasteiger partial charge in [0.25, 0.3) is 0 Å². The first kappa shape index (κ1) is 17.1. The zero-order valence-corrected chi connectivity index (χ0v) is 13.6. The first-order valence-electron chi connectivity index (χ1n) is 7.70. The molecule has 0 aromatic heterocycles. The Balaban J connectivity index is 2.11. The molecule has 5 heteroatoms. The molecule has 0 aliphatic heterocycles. The minimum Gasteiger partial charge on any atom is -0.395 e. The van der Waals surface area contributed by atoms with Crippen LogP contribution in [0.4, 0.5) is 17.1 Å². The van der Waals surface area contributed by atoms with Gasteiger partial charge in [0.05, 0.1) is 24.6 Å². The highest BCUT2D eigenvalue weighted by Gasteiger charge is 2.05. The van der Waals surface area contributed by atoms with E-state index in [0.29, 0.717) is 13.1 Å². The van der Waals surface area contributed by atoms with Gasteiger partial charge >= 0.3 is 0 Å². The van der Waals surface area contributed by atoms with Gasteiger partial charge in [-0.2, -0.15) is 10.2 Å². The van der Waals surface area contributed by atoms with Gasteiger partial charge in [0.15, 0.2) is 0 Å². The summed E-state index contributed by atoms with van der Waals surface area (Å²) in [5, 5.41) is 26.7. The summed E-state index contributed by atoms with van der Waals surface area (Å²) < 4.78 is 0. The predicted molar refractivity (Wildman–Crippen MR) is 92.9 cm³/mol. The number of azo groups is 1. The molecule has 122 valence electrons. The molecule has 0 amide bonds. The Bertz CT molecular complexity index is 648. The minimum absolute atomic E-state index is 0.0498. The lowest BCUT2D eigenvalue weighted by Gasteiger charge is -2.22. The number of anilines is 1. The van der Waals surface area contributed by atoms with E-state index >= 15 is 0 Å². The molecule has 0 saturated heterocycles. The Kier molecular flexibility index (Phi) is 6.26. The van der Waals surface area contributed by atoms with Crippen LogP contribution in [0.15, 0.2) is 52.7 Å². The first-order chi connectivity index (χ1) is 11.1. The molecule has 0 bridgehead atoms. The summed E-state index contributed by atoms with van der Waals surface area (Å²) in [5.41, 5.74) is 4.88. The van der Waals surface area contributed by atoms with Crippen LogP contribution in [-0.4, -0.2) is 36.5 Å². The molecule has 2 rings (SSSR count). The lowest BCUT2D eigenvalue weighted by Crippen LogP contribution is -2.29. The smallest absolute Gasteiger partial charge is 0.0886 e. The molecule has 0 spiro atoms. The van der Waals surface area contributed by atoms with Gasteiger partial charge in [0, 0.05) is 18.8 Å². The fourth-order valence-corrected chi connectivity index (χ4v) is 2.37. The third-order valence-corrected chi connectivity index (χ3v) is 3.58. The second-order valence-corrected chi connectivity index (χ2v) is 5.44. The highest BCUT2D eigenvalue weighted by molar-refractivity contribution is 5.53. The molecule has 0 aliphatic rings. The summed E-state index contributed by atoms with van der Waals surface area (Å²) in [7, 11) is 0. The molecule has 5 nitrogen and oxygen atoms in total. The van der Waals surface area contributed by atoms with Crippen molar-refractivity contribution in [1.82, 2.24) is 0 Å². The molecular formula is C18H23N3O2. The summed E-state index contributed by atoms with van der Waals surface area (Å²) in [5.74, 6) is 0. The van der Waals surface area contributed by atoms with Crippen molar-refractivity contribution in [2.75, 3.05) is 31.2 Å². The van der Waals surface area contributed by atoms with Crippen molar-refractivity contribution in [3.63, 3.8) is 0 Å². The van der Waals surface area contributed by atoms with Crippen LogP contribution in [0.3, 0.4) is 0 Å². The largest absolute Gasteiger partial charge is 0.395 e. The molecule has 23 heavy (non-hydrogen) atoms. The fourth-order valence-electron chi connectivity index (χ4n) is 2.37. The molecule has 2 N–H and O–H groups in total. The molecule has 2 aromatic carbocycles. The number of aliphatic hydroxyl groups is 2. The van der Waals surface area contributed by atoms with E-state index in [-0.39, 0.29) is 13.2 Å². The van der Waals surface area contributed by atoms with Crippen LogP contribution in [0, 0.1) is 13.8 Å². The van der Waals surface area contributed by atoms with E-state index in [4.69, 9.17) is 10.2 Å². The number of aryl methyl sites for hydroxylation is 2. The summed E-state index contributed by atoms with van der Waals surface area (Å²) in [6.07, 6.45) is 0. The summed E-state index contributed by atoms with van der Waals surface area (Å²) in [4.78, 5) is 1.92. The van der Waals surface area contributed by atoms with Crippen molar-refractivity contribution in [3.8, 4) is 0 Å². The summed E-state index contributed by atoms with van der Waals surface area (Å²) in [6.45, 7) is 5.15. The quantitative estimate of drug-likeness (QED) is 0.769. The standard InChI is InChI=1S/C18H23N3O2/c1-14-3-8-18(15(2)13-14)20-19-16-4-6-17(7-5-16)21(9-11-22)10-12-23/h3-8,13,22-23H,9-12H2,1-2H3. The monoisotopic (exact) mass is 313 g/mol. The summed E-state index contributed by atoms with van der Waals surface area (Å²) >= 11 is 0. The van der Waals surface area contributed by atoms with Crippen molar-refractivity contribution in [2.24, 2.45) is 10.2 Å². The number of nitrogens with zero attached hydrogens (tertiary/aromatic N) is 3. The minimum atomic E-state index is 0.0498. The first-order valence-corrected chi connectivity index (χ1v) is 7.70. The molecule has 2 aromatic rings. The van der Waals surface area contributed by atoms with Crippen LogP contribution in [-0.2, 0) is 0 Å². The molecule has 0 saturated carbocycles. The number of hydrogen-bond acceptors (Lipinski definition) is 5. The van der Waals surface area contributed by atoms with Crippen LogP contribution < -0.4 is 4.90 Å². The van der Waals surface area contributed by atoms with Crippen molar-refractivity contribution in [1.29, 1.82) is 0 Å². The van der Waals surface area contributed by atoms with Gasteiger partial charge in [-0.15, -0.1) is 0 Å². The highest BCUT2D eigenvalue weighted by atomic mass is 16.3. The maximum absolute atomic E-state index is 9.08. The van der Waals surface area contributed by atoms with Gasteiger partial charge < -0.3 is 15.1 Å². The molecule has 0 radical (unpaired) electrons. The zero-order chi connectivity index (χ0) is 16.7. The predicted octanol–water partition coefficient (Wildman–Crippen LogP) is 3.51. The maximum atomic E-state index is 9.08. The van der Waals surface area contributed by atoms with E-state index in [1.165, 1.54) is 5.56 Å². The van der Waals surface area contributed by atoms with E-state index in [1.807, 2.05) is 48.2 Å². The number of benzene rings is 2. The molecule has 0 aliphatic carbocycles. The summed E-state index contributed by atoms with van der Waals surface area (Å²) in [6, 6.07) is 13.7. The van der Waals surface area contributed by atoms with Gasteiger partial charge in [-0.3, -0.25) is 0 Å². The van der Waals surface area contributed by atoms with Gasteiger partial charge in [-0.1, -0.05) is 17.7 Å². The zero-order valence-electron chi connectivity index (χ0n) is 13.6. The van der Waals surface area contributed by atoms with Crippen LogP contribution in [0.2, 0.25) is 0 Å². The van der Waals surface area contributed by atoms with E-state index in [2.05, 4.69) is 23.2 Å². The van der Waals surface area contributed by atoms with Crippen LogP contribution in [0.1, 0.15) is 11.1 Å². The molecule has 0 atom stereocenters. The Labute approximate surface area is 136 Å². The van der Waals surface area contributed by atoms with Crippen LogP contribution in [0.5, 0.6) is 0 Å². The highest BCUT2D eigenvalue weighted by Crippen LogP contribution is 2.24. The van der Waals surface area contributed by atoms with E-state index in [9.17, 15) is 0 Å². The number of hydrogen-bond donors (Lipinski definition) is 2. The normalized spacial score (nSPS) is 11.1. The second-order valence-electron chi connectivity index (χ2n) is 5.44. The topological polar surface area (TPSA) is 68.4 Å². The fraction of sp³-hybridized carbons (Fsp3) is 0.333. The SMILES string of the molecule is Cc1ccc(N=Nc2ccc(N(CCO)CCO)cc2)c(C)c1. The van der Waals surface area contributed by atoms with Crippen molar-refractivity contribution >= 4 is 17.1 Å². The second kappa shape index (κ2) is 8.41. The Morgan fingerprint density at radius 2 is 1.52 bits per heavy atom. The van der Waals surface area contributed by atoms with Gasteiger partial charge in [0.2, 0.25) is 0 Å². The van der Waals surface area contributed by atoms with Crippen molar-refractivity contribution in [2.45, 2.75) is 13.8 Å². The average molecular weight is 313 g/mol. The Hall–Kier alpha value is -2.24. The molecule has 0 unspecified atom stereocenters. The van der Waals surface area contributed by atoms with Crippen molar-refractivity contribution < 1.29 is 10.2 Å². The van der Waals surface area contributed by atoms with E-state index in [0.717, 1.165) is 22.6 Å². The third kappa shape index (κ3) is 4.87. The maximum Gasteiger partial charge on any atom is 0.0886 e. The number of rotatable bonds is 7. The molecular weight excluding hydrogens is 290 g/mol. The number of aliphatic hydroxyl groups excluding tert-OH is 2. The molecule has 0 fully saturated rings. The Morgan fingerprint density at radius 3 is 2.09 bits per heavy atom. The van der Waals surface area contributed by atoms with Crippen molar-refractivity contribution in [3.05, 3.63) is 53.6 Å². The van der Waals surface area contributed by atoms with Crippen LogP contribution >= 0.6 is 0 Å². The average Bonchev–Trinajstić information content (AvgIpc) is 2.54. The lowest BCUT2D eigenvalue weighted by atomic mass is 10.1. The Morgan fingerprint density at radius 1 is 0.870 bits per heavy atom. The van der Waals surface area contributed by atoms with Gasteiger partial charge in [-0.05, 0) is 49.7 Å². The van der Waals surface area contributed by atoms with E-state index in [1.54, 1.807) is 0 Å². The lowest BCUT2D eigenvalue weighted by molar-refractivity contribution is 0.281. The third-order valence-electron chi connectivity index (χ3n) is 3.58. The van der Waals surface area contributed by atoms with Gasteiger partial charge in [-0.25, -0.2) is 0 Å². The molecule has 0 heterocycles.